The first-order valence-electron chi connectivity index (χ1n) is 3.36. The molecule has 68 valence electrons. The summed E-state index contributed by atoms with van der Waals surface area (Å²) in [6, 6.07) is 0. The molecule has 0 radical (unpaired) electrons. The van der Waals surface area contributed by atoms with Gasteiger partial charge < -0.3 is 20.1 Å². The number of hydrogen-bond acceptors (Lipinski definition) is 5. The summed E-state index contributed by atoms with van der Waals surface area (Å²) in [6.07, 6.45) is -2.12. The third-order valence-corrected chi connectivity index (χ3v) is 1.63. The molecular formula is C5H9N3O4. The van der Waals surface area contributed by atoms with Gasteiger partial charge in [-0.3, -0.25) is 0 Å². The third-order valence-electron chi connectivity index (χ3n) is 1.63. The van der Waals surface area contributed by atoms with Crippen LogP contribution in [0.4, 0.5) is 0 Å². The van der Waals surface area contributed by atoms with Crippen LogP contribution in [0.2, 0.25) is 0 Å². The fraction of sp³-hybridized carbons (Fsp3) is 1.00. The Kier molecular flexibility index (Phi) is 2.51. The van der Waals surface area contributed by atoms with Crippen LogP contribution in [-0.2, 0) is 4.74 Å². The predicted octanol–water partition coefficient (Wildman–Crippen LogP) is -0.915. The van der Waals surface area contributed by atoms with Crippen molar-refractivity contribution in [1.29, 1.82) is 0 Å². The van der Waals surface area contributed by atoms with Gasteiger partial charge in [0.15, 0.2) is 0 Å². The van der Waals surface area contributed by atoms with Crippen molar-refractivity contribution in [3.63, 3.8) is 0 Å². The Morgan fingerprint density at radius 2 is 2.42 bits per heavy atom. The molecule has 12 heavy (non-hydrogen) atoms. The number of aliphatic hydroxyl groups excluding tert-OH is 2. The van der Waals surface area contributed by atoms with E-state index in [0.717, 1.165) is 0 Å². The average Bonchev–Trinajstić information content (AvgIpc) is 2.27. The summed E-state index contributed by atoms with van der Waals surface area (Å²) in [7, 11) is 0. The summed E-state index contributed by atoms with van der Waals surface area (Å²) >= 11 is 0. The zero-order chi connectivity index (χ0) is 9.19. The maximum absolute atomic E-state index is 9.25. The largest absolute Gasteiger partial charge is 0.394 e. The van der Waals surface area contributed by atoms with Gasteiger partial charge in [-0.25, -0.2) is 0 Å². The summed E-state index contributed by atoms with van der Waals surface area (Å²) in [5.41, 5.74) is 8.01. The van der Waals surface area contributed by atoms with Gasteiger partial charge in [0.05, 0.1) is 12.7 Å². The SMILES string of the molecule is [N-]=[N+]=NC1(O)C[C@H](O)[C@@H](CO)O1. The van der Waals surface area contributed by atoms with Crippen molar-refractivity contribution < 1.29 is 20.1 Å². The molecule has 0 aromatic heterocycles. The van der Waals surface area contributed by atoms with Gasteiger partial charge in [0, 0.05) is 11.3 Å². The number of azide groups is 1. The lowest BCUT2D eigenvalue weighted by molar-refractivity contribution is -0.193. The highest BCUT2D eigenvalue weighted by Crippen LogP contribution is 2.29. The van der Waals surface area contributed by atoms with Crippen molar-refractivity contribution in [2.75, 3.05) is 6.61 Å². The summed E-state index contributed by atoms with van der Waals surface area (Å²) < 4.78 is 4.69. The maximum atomic E-state index is 9.25. The summed E-state index contributed by atoms with van der Waals surface area (Å²) in [6.45, 7) is -0.426. The lowest BCUT2D eigenvalue weighted by Crippen LogP contribution is -2.27. The molecular weight excluding hydrogens is 166 g/mol. The second-order valence-corrected chi connectivity index (χ2v) is 2.54. The van der Waals surface area contributed by atoms with Gasteiger partial charge >= 0.3 is 0 Å². The van der Waals surface area contributed by atoms with Crippen molar-refractivity contribution in [3.05, 3.63) is 10.4 Å². The molecule has 1 fully saturated rings. The quantitative estimate of drug-likeness (QED) is 0.286. The number of nitrogens with zero attached hydrogens (tertiary/aromatic N) is 3. The van der Waals surface area contributed by atoms with Crippen molar-refractivity contribution in [2.45, 2.75) is 24.5 Å². The van der Waals surface area contributed by atoms with E-state index in [1.165, 1.54) is 0 Å². The van der Waals surface area contributed by atoms with Crippen LogP contribution < -0.4 is 0 Å². The minimum atomic E-state index is -2.01. The zero-order valence-electron chi connectivity index (χ0n) is 6.16. The van der Waals surface area contributed by atoms with Crippen molar-refractivity contribution in [3.8, 4) is 0 Å². The first kappa shape index (κ1) is 9.24. The lowest BCUT2D eigenvalue weighted by atomic mass is 10.2. The third kappa shape index (κ3) is 1.66. The smallest absolute Gasteiger partial charge is 0.249 e. The average molecular weight is 175 g/mol. The minimum absolute atomic E-state index is 0.220. The standard InChI is InChI=1S/C5H9N3O4/c6-8-7-5(11)1-3(10)4(2-9)12-5/h3-4,9-11H,1-2H2/t3-,4+,5?/m0/s1. The predicted molar refractivity (Wildman–Crippen MR) is 36.7 cm³/mol. The van der Waals surface area contributed by atoms with E-state index in [1.54, 1.807) is 0 Å². The molecule has 0 saturated carbocycles. The lowest BCUT2D eigenvalue weighted by Gasteiger charge is -2.14. The molecule has 1 saturated heterocycles. The maximum Gasteiger partial charge on any atom is 0.249 e. The van der Waals surface area contributed by atoms with Gasteiger partial charge in [-0.05, 0) is 10.6 Å². The van der Waals surface area contributed by atoms with E-state index in [9.17, 15) is 5.11 Å². The van der Waals surface area contributed by atoms with Gasteiger partial charge in [0.2, 0.25) is 5.91 Å². The normalized spacial score (nSPS) is 40.9. The fourth-order valence-electron chi connectivity index (χ4n) is 1.07. The fourth-order valence-corrected chi connectivity index (χ4v) is 1.07. The summed E-state index contributed by atoms with van der Waals surface area (Å²) in [5, 5.41) is 29.9. The van der Waals surface area contributed by atoms with Gasteiger partial charge in [0.25, 0.3) is 0 Å². The monoisotopic (exact) mass is 175 g/mol. The Morgan fingerprint density at radius 1 is 1.75 bits per heavy atom. The molecule has 7 heteroatoms. The highest BCUT2D eigenvalue weighted by molar-refractivity contribution is 4.85. The topological polar surface area (TPSA) is 119 Å². The highest BCUT2D eigenvalue weighted by atomic mass is 16.7. The molecule has 0 aromatic rings. The zero-order valence-corrected chi connectivity index (χ0v) is 6.16. The Morgan fingerprint density at radius 3 is 2.83 bits per heavy atom. The second kappa shape index (κ2) is 3.26. The minimum Gasteiger partial charge on any atom is -0.394 e. The molecule has 1 aliphatic rings. The number of hydrogen-bond donors (Lipinski definition) is 3. The van der Waals surface area contributed by atoms with E-state index >= 15 is 0 Å². The first-order chi connectivity index (χ1) is 5.61. The van der Waals surface area contributed by atoms with E-state index in [4.69, 9.17) is 15.7 Å². The Hall–Kier alpha value is -0.850. The summed E-state index contributed by atoms with van der Waals surface area (Å²) in [5.74, 6) is -2.01. The number of ether oxygens (including phenoxy) is 1. The Labute approximate surface area is 67.8 Å². The first-order valence-corrected chi connectivity index (χ1v) is 3.36. The molecule has 1 aliphatic heterocycles. The summed E-state index contributed by atoms with van der Waals surface area (Å²) in [4.78, 5) is 2.35. The molecule has 1 rings (SSSR count). The van der Waals surface area contributed by atoms with Gasteiger partial charge in [0.1, 0.15) is 6.10 Å². The van der Waals surface area contributed by atoms with E-state index < -0.39 is 24.7 Å². The molecule has 3 atom stereocenters. The highest BCUT2D eigenvalue weighted by Gasteiger charge is 2.43. The molecule has 3 N–H and O–H groups in total. The van der Waals surface area contributed by atoms with Crippen molar-refractivity contribution in [2.24, 2.45) is 5.11 Å². The number of rotatable bonds is 2. The molecule has 0 aromatic carbocycles. The molecule has 0 amide bonds. The van der Waals surface area contributed by atoms with Crippen molar-refractivity contribution in [1.82, 2.24) is 0 Å². The van der Waals surface area contributed by atoms with Gasteiger partial charge in [-0.2, -0.15) is 0 Å². The molecule has 1 unspecified atom stereocenters. The van der Waals surface area contributed by atoms with Crippen LogP contribution >= 0.6 is 0 Å². The van der Waals surface area contributed by atoms with Crippen LogP contribution in [0.5, 0.6) is 0 Å². The van der Waals surface area contributed by atoms with Crippen LogP contribution in [0.3, 0.4) is 0 Å². The van der Waals surface area contributed by atoms with Gasteiger partial charge in [-0.1, -0.05) is 0 Å². The second-order valence-electron chi connectivity index (χ2n) is 2.54. The molecule has 0 spiro atoms. The molecule has 0 bridgehead atoms. The number of aliphatic hydroxyl groups is 3. The van der Waals surface area contributed by atoms with E-state index in [1.807, 2.05) is 0 Å². The van der Waals surface area contributed by atoms with E-state index in [0.29, 0.717) is 0 Å². The van der Waals surface area contributed by atoms with Crippen LogP contribution in [0, 0.1) is 0 Å². The molecule has 7 nitrogen and oxygen atoms in total. The Bertz CT molecular complexity index is 217. The van der Waals surface area contributed by atoms with Crippen LogP contribution in [0.1, 0.15) is 6.42 Å². The Balaban J connectivity index is 2.69. The van der Waals surface area contributed by atoms with E-state index in [-0.39, 0.29) is 6.42 Å². The van der Waals surface area contributed by atoms with E-state index in [2.05, 4.69) is 14.8 Å². The van der Waals surface area contributed by atoms with Crippen LogP contribution in [0.25, 0.3) is 10.4 Å². The van der Waals surface area contributed by atoms with Crippen molar-refractivity contribution >= 4 is 0 Å². The van der Waals surface area contributed by atoms with Crippen LogP contribution in [-0.4, -0.2) is 40.0 Å². The molecule has 1 heterocycles. The van der Waals surface area contributed by atoms with Crippen LogP contribution in [0.15, 0.2) is 5.11 Å². The van der Waals surface area contributed by atoms with Gasteiger partial charge in [-0.15, -0.1) is 0 Å². The molecule has 0 aliphatic carbocycles.